The monoisotopic (exact) mass is 242 g/mol. The van der Waals surface area contributed by atoms with Gasteiger partial charge in [-0.25, -0.2) is 4.98 Å². The van der Waals surface area contributed by atoms with E-state index in [2.05, 4.69) is 15.1 Å². The fraction of sp³-hybridized carbons (Fsp3) is 0.308. The zero-order valence-electron chi connectivity index (χ0n) is 10.6. The summed E-state index contributed by atoms with van der Waals surface area (Å²) in [6.45, 7) is 4.08. The molecule has 5 nitrogen and oxygen atoms in total. The summed E-state index contributed by atoms with van der Waals surface area (Å²) in [5.41, 5.74) is 2.92. The lowest BCUT2D eigenvalue weighted by atomic mass is 10.2. The van der Waals surface area contributed by atoms with Crippen molar-refractivity contribution in [2.45, 2.75) is 19.8 Å². The maximum atomic E-state index is 5.27. The minimum Gasteiger partial charge on any atom is -0.334 e. The normalized spacial score (nSPS) is 11.6. The molecule has 0 atom stereocenters. The van der Waals surface area contributed by atoms with Crippen LogP contribution in [0.5, 0.6) is 0 Å². The van der Waals surface area contributed by atoms with Gasteiger partial charge in [0.2, 0.25) is 0 Å². The van der Waals surface area contributed by atoms with Crippen LogP contribution in [0.3, 0.4) is 0 Å². The Morgan fingerprint density at radius 3 is 2.83 bits per heavy atom. The van der Waals surface area contributed by atoms with Gasteiger partial charge in [0.25, 0.3) is 5.89 Å². The van der Waals surface area contributed by atoms with E-state index in [-0.39, 0.29) is 5.92 Å². The first kappa shape index (κ1) is 11.0. The van der Waals surface area contributed by atoms with Gasteiger partial charge in [-0.3, -0.25) is 0 Å². The lowest BCUT2D eigenvalue weighted by Gasteiger charge is -1.96. The molecule has 18 heavy (non-hydrogen) atoms. The minimum absolute atomic E-state index is 0.265. The highest BCUT2D eigenvalue weighted by atomic mass is 16.5. The van der Waals surface area contributed by atoms with E-state index in [0.717, 1.165) is 22.4 Å². The molecule has 0 radical (unpaired) electrons. The van der Waals surface area contributed by atoms with Crippen molar-refractivity contribution < 1.29 is 4.52 Å². The Kier molecular flexibility index (Phi) is 2.40. The number of aromatic nitrogens is 4. The second kappa shape index (κ2) is 3.94. The molecule has 0 aliphatic carbocycles. The van der Waals surface area contributed by atoms with Gasteiger partial charge >= 0.3 is 0 Å². The van der Waals surface area contributed by atoms with Gasteiger partial charge in [0, 0.05) is 18.5 Å². The molecular weight excluding hydrogens is 228 g/mol. The van der Waals surface area contributed by atoms with Crippen molar-refractivity contribution in [2.24, 2.45) is 7.05 Å². The van der Waals surface area contributed by atoms with Gasteiger partial charge in [0.05, 0.1) is 17.4 Å². The molecule has 3 rings (SSSR count). The summed E-state index contributed by atoms with van der Waals surface area (Å²) in [7, 11) is 1.97. The summed E-state index contributed by atoms with van der Waals surface area (Å²) < 4.78 is 7.25. The summed E-state index contributed by atoms with van der Waals surface area (Å²) in [6, 6.07) is 5.95. The van der Waals surface area contributed by atoms with Crippen molar-refractivity contribution in [1.29, 1.82) is 0 Å². The van der Waals surface area contributed by atoms with Gasteiger partial charge in [-0.05, 0) is 18.2 Å². The SMILES string of the molecule is CC(C)c1noc(-c2ccc3c(c2)ncn3C)n1. The number of fused-ring (bicyclic) bond motifs is 1. The molecule has 0 N–H and O–H groups in total. The maximum Gasteiger partial charge on any atom is 0.258 e. The molecule has 0 saturated heterocycles. The van der Waals surface area contributed by atoms with Crippen LogP contribution in [0, 0.1) is 0 Å². The van der Waals surface area contributed by atoms with Gasteiger partial charge in [-0.2, -0.15) is 4.98 Å². The molecule has 0 amide bonds. The molecule has 92 valence electrons. The predicted molar refractivity (Wildman–Crippen MR) is 68.1 cm³/mol. The number of imidazole rings is 1. The third-order valence-corrected chi connectivity index (χ3v) is 2.93. The highest BCUT2D eigenvalue weighted by Crippen LogP contribution is 2.23. The number of nitrogens with zero attached hydrogens (tertiary/aromatic N) is 4. The van der Waals surface area contributed by atoms with E-state index >= 15 is 0 Å². The summed E-state index contributed by atoms with van der Waals surface area (Å²) in [6.07, 6.45) is 1.79. The molecule has 0 aliphatic heterocycles. The van der Waals surface area contributed by atoms with Crippen molar-refractivity contribution in [2.75, 3.05) is 0 Å². The summed E-state index contributed by atoms with van der Waals surface area (Å²) >= 11 is 0. The average Bonchev–Trinajstić information content (AvgIpc) is 2.96. The smallest absolute Gasteiger partial charge is 0.258 e. The van der Waals surface area contributed by atoms with Crippen LogP contribution < -0.4 is 0 Å². The van der Waals surface area contributed by atoms with Crippen LogP contribution in [-0.2, 0) is 7.05 Å². The number of benzene rings is 1. The van der Waals surface area contributed by atoms with Gasteiger partial charge in [0.1, 0.15) is 0 Å². The van der Waals surface area contributed by atoms with E-state index < -0.39 is 0 Å². The highest BCUT2D eigenvalue weighted by molar-refractivity contribution is 5.80. The van der Waals surface area contributed by atoms with E-state index in [1.165, 1.54) is 0 Å². The standard InChI is InChI=1S/C13H14N4O/c1-8(2)12-15-13(18-16-12)9-4-5-11-10(6-9)14-7-17(11)3/h4-8H,1-3H3. The Labute approximate surface area is 104 Å². The van der Waals surface area contributed by atoms with Crippen molar-refractivity contribution in [3.8, 4) is 11.5 Å². The van der Waals surface area contributed by atoms with E-state index in [0.29, 0.717) is 5.89 Å². The molecule has 3 aromatic rings. The second-order valence-electron chi connectivity index (χ2n) is 4.67. The molecule has 0 spiro atoms. The van der Waals surface area contributed by atoms with Gasteiger partial charge in [-0.1, -0.05) is 19.0 Å². The summed E-state index contributed by atoms with van der Waals surface area (Å²) in [4.78, 5) is 8.70. The third kappa shape index (κ3) is 1.68. The van der Waals surface area contributed by atoms with E-state index in [9.17, 15) is 0 Å². The first-order valence-corrected chi connectivity index (χ1v) is 5.90. The predicted octanol–water partition coefficient (Wildman–Crippen LogP) is 2.75. The molecule has 2 aromatic heterocycles. The number of rotatable bonds is 2. The Morgan fingerprint density at radius 2 is 2.11 bits per heavy atom. The lowest BCUT2D eigenvalue weighted by Crippen LogP contribution is -1.89. The first-order chi connectivity index (χ1) is 8.65. The zero-order valence-corrected chi connectivity index (χ0v) is 10.6. The Hall–Kier alpha value is -2.17. The second-order valence-corrected chi connectivity index (χ2v) is 4.67. The topological polar surface area (TPSA) is 56.7 Å². The Bertz CT molecular complexity index is 696. The highest BCUT2D eigenvalue weighted by Gasteiger charge is 2.12. The molecule has 5 heteroatoms. The molecule has 2 heterocycles. The van der Waals surface area contributed by atoms with Crippen molar-refractivity contribution in [3.05, 3.63) is 30.4 Å². The first-order valence-electron chi connectivity index (χ1n) is 5.90. The zero-order chi connectivity index (χ0) is 12.7. The summed E-state index contributed by atoms with van der Waals surface area (Å²) in [5, 5.41) is 3.97. The Balaban J connectivity index is 2.07. The number of hydrogen-bond donors (Lipinski definition) is 0. The van der Waals surface area contributed by atoms with Gasteiger partial charge in [0.15, 0.2) is 5.82 Å². The van der Waals surface area contributed by atoms with Gasteiger partial charge < -0.3 is 9.09 Å². The van der Waals surface area contributed by atoms with Crippen LogP contribution in [0.4, 0.5) is 0 Å². The van der Waals surface area contributed by atoms with Crippen molar-refractivity contribution in [1.82, 2.24) is 19.7 Å². The van der Waals surface area contributed by atoms with Crippen LogP contribution >= 0.6 is 0 Å². The van der Waals surface area contributed by atoms with E-state index in [4.69, 9.17) is 4.52 Å². The van der Waals surface area contributed by atoms with Crippen LogP contribution in [0.2, 0.25) is 0 Å². The van der Waals surface area contributed by atoms with E-state index in [1.807, 2.05) is 43.7 Å². The fourth-order valence-corrected chi connectivity index (χ4v) is 1.86. The van der Waals surface area contributed by atoms with Crippen LogP contribution in [0.15, 0.2) is 29.0 Å². The molecule has 0 unspecified atom stereocenters. The van der Waals surface area contributed by atoms with E-state index in [1.54, 1.807) is 6.33 Å². The van der Waals surface area contributed by atoms with Crippen LogP contribution in [0.1, 0.15) is 25.6 Å². The molecule has 0 bridgehead atoms. The lowest BCUT2D eigenvalue weighted by molar-refractivity contribution is 0.419. The van der Waals surface area contributed by atoms with Crippen molar-refractivity contribution >= 4 is 11.0 Å². The third-order valence-electron chi connectivity index (χ3n) is 2.93. The molecule has 0 aliphatic rings. The average molecular weight is 242 g/mol. The van der Waals surface area contributed by atoms with Gasteiger partial charge in [-0.15, -0.1) is 0 Å². The molecule has 1 aromatic carbocycles. The molecule has 0 saturated carbocycles. The van der Waals surface area contributed by atoms with Crippen LogP contribution in [-0.4, -0.2) is 19.7 Å². The Morgan fingerprint density at radius 1 is 1.28 bits per heavy atom. The molecular formula is C13H14N4O. The fourth-order valence-electron chi connectivity index (χ4n) is 1.86. The number of aryl methyl sites for hydroxylation is 1. The number of hydrogen-bond acceptors (Lipinski definition) is 4. The summed E-state index contributed by atoms with van der Waals surface area (Å²) in [5.74, 6) is 1.54. The van der Waals surface area contributed by atoms with Crippen molar-refractivity contribution in [3.63, 3.8) is 0 Å². The maximum absolute atomic E-state index is 5.27. The quantitative estimate of drug-likeness (QED) is 0.693. The largest absolute Gasteiger partial charge is 0.334 e. The van der Waals surface area contributed by atoms with Crippen LogP contribution in [0.25, 0.3) is 22.5 Å². The minimum atomic E-state index is 0.265. The molecule has 0 fully saturated rings.